The minimum absolute atomic E-state index is 0.0456. The molecular formula is C7H10N2O2S2. The summed E-state index contributed by atoms with van der Waals surface area (Å²) in [6.07, 6.45) is 3.52. The quantitative estimate of drug-likeness (QED) is 0.746. The number of carboxylic acid groups (broad SMARTS) is 1. The van der Waals surface area contributed by atoms with Crippen LogP contribution in [0.3, 0.4) is 0 Å². The third-order valence-corrected chi connectivity index (χ3v) is 3.57. The summed E-state index contributed by atoms with van der Waals surface area (Å²) in [4.78, 5) is 15.3. The first kappa shape index (κ1) is 10.5. The number of nitrogens with two attached hydrogens (primary N) is 1. The molecule has 4 nitrogen and oxygen atoms in total. The number of hydrogen-bond donors (Lipinski definition) is 2. The van der Waals surface area contributed by atoms with Crippen LogP contribution in [0.25, 0.3) is 0 Å². The van der Waals surface area contributed by atoms with E-state index < -0.39 is 12.0 Å². The van der Waals surface area contributed by atoms with Crippen LogP contribution in [0.15, 0.2) is 10.5 Å². The SMILES string of the molecule is CSc1ncc(C(N)CC(=O)O)s1. The van der Waals surface area contributed by atoms with Crippen molar-refractivity contribution in [3.63, 3.8) is 0 Å². The molecule has 6 heteroatoms. The fourth-order valence-corrected chi connectivity index (χ4v) is 2.25. The molecule has 13 heavy (non-hydrogen) atoms. The molecule has 1 aromatic heterocycles. The molecule has 0 aromatic carbocycles. The van der Waals surface area contributed by atoms with Gasteiger partial charge in [-0.05, 0) is 6.26 Å². The second-order valence-electron chi connectivity index (χ2n) is 2.44. The van der Waals surface area contributed by atoms with Crippen molar-refractivity contribution < 1.29 is 9.90 Å². The zero-order valence-electron chi connectivity index (χ0n) is 7.06. The van der Waals surface area contributed by atoms with Crippen LogP contribution in [0, 0.1) is 0 Å². The Balaban J connectivity index is 2.65. The van der Waals surface area contributed by atoms with Gasteiger partial charge < -0.3 is 10.8 Å². The average molecular weight is 218 g/mol. The number of nitrogens with zero attached hydrogens (tertiary/aromatic N) is 1. The summed E-state index contributed by atoms with van der Waals surface area (Å²) in [5.41, 5.74) is 5.64. The van der Waals surface area contributed by atoms with Gasteiger partial charge in [0, 0.05) is 11.1 Å². The van der Waals surface area contributed by atoms with Crippen LogP contribution in [-0.4, -0.2) is 22.3 Å². The molecule has 1 rings (SSSR count). The smallest absolute Gasteiger partial charge is 0.305 e. The fourth-order valence-electron chi connectivity index (χ4n) is 0.824. The maximum atomic E-state index is 10.4. The van der Waals surface area contributed by atoms with Crippen LogP contribution >= 0.6 is 23.1 Å². The molecule has 0 aliphatic carbocycles. The van der Waals surface area contributed by atoms with Crippen molar-refractivity contribution in [1.29, 1.82) is 0 Å². The monoisotopic (exact) mass is 218 g/mol. The van der Waals surface area contributed by atoms with Gasteiger partial charge in [0.1, 0.15) is 4.34 Å². The second-order valence-corrected chi connectivity index (χ2v) is 4.55. The van der Waals surface area contributed by atoms with Crippen molar-refractivity contribution in [3.8, 4) is 0 Å². The molecule has 0 amide bonds. The molecule has 0 radical (unpaired) electrons. The number of rotatable bonds is 4. The average Bonchev–Trinajstić information content (AvgIpc) is 2.50. The Hall–Kier alpha value is -0.590. The minimum atomic E-state index is -0.883. The third kappa shape index (κ3) is 2.98. The fraction of sp³-hybridized carbons (Fsp3) is 0.429. The van der Waals surface area contributed by atoms with E-state index in [1.165, 1.54) is 23.1 Å². The highest BCUT2D eigenvalue weighted by molar-refractivity contribution is 8.00. The first-order valence-electron chi connectivity index (χ1n) is 3.60. The predicted molar refractivity (Wildman–Crippen MR) is 53.1 cm³/mol. The highest BCUT2D eigenvalue weighted by atomic mass is 32.2. The van der Waals surface area contributed by atoms with Crippen molar-refractivity contribution in [2.45, 2.75) is 16.8 Å². The molecule has 0 spiro atoms. The number of carbonyl (C=O) groups is 1. The van der Waals surface area contributed by atoms with Gasteiger partial charge in [-0.2, -0.15) is 0 Å². The lowest BCUT2D eigenvalue weighted by Crippen LogP contribution is -2.13. The van der Waals surface area contributed by atoms with Gasteiger partial charge in [0.25, 0.3) is 0 Å². The maximum Gasteiger partial charge on any atom is 0.305 e. The molecule has 1 aromatic rings. The van der Waals surface area contributed by atoms with Crippen molar-refractivity contribution in [2.75, 3.05) is 6.26 Å². The Morgan fingerprint density at radius 1 is 1.92 bits per heavy atom. The topological polar surface area (TPSA) is 76.2 Å². The van der Waals surface area contributed by atoms with Gasteiger partial charge in [-0.25, -0.2) is 4.98 Å². The Kier molecular flexibility index (Phi) is 3.71. The standard InChI is InChI=1S/C7H10N2O2S2/c1-12-7-9-3-5(13-7)4(8)2-6(10)11/h3-4H,2,8H2,1H3,(H,10,11). The zero-order chi connectivity index (χ0) is 9.84. The van der Waals surface area contributed by atoms with E-state index in [4.69, 9.17) is 10.8 Å². The van der Waals surface area contributed by atoms with Gasteiger partial charge in [0.15, 0.2) is 0 Å². The van der Waals surface area contributed by atoms with Crippen LogP contribution in [0.5, 0.6) is 0 Å². The van der Waals surface area contributed by atoms with E-state index in [1.807, 2.05) is 6.26 Å². The van der Waals surface area contributed by atoms with E-state index in [0.717, 1.165) is 9.22 Å². The molecule has 72 valence electrons. The highest BCUT2D eigenvalue weighted by Gasteiger charge is 2.13. The normalized spacial score (nSPS) is 12.8. The van der Waals surface area contributed by atoms with E-state index in [0.29, 0.717) is 0 Å². The summed E-state index contributed by atoms with van der Waals surface area (Å²) in [5, 5.41) is 8.51. The molecule has 0 aliphatic rings. The van der Waals surface area contributed by atoms with E-state index in [2.05, 4.69) is 4.98 Å². The van der Waals surface area contributed by atoms with Crippen molar-refractivity contribution in [2.24, 2.45) is 5.73 Å². The van der Waals surface area contributed by atoms with Crippen LogP contribution in [-0.2, 0) is 4.79 Å². The lowest BCUT2D eigenvalue weighted by atomic mass is 10.2. The van der Waals surface area contributed by atoms with Crippen molar-refractivity contribution >= 4 is 29.1 Å². The van der Waals surface area contributed by atoms with Crippen molar-refractivity contribution in [1.82, 2.24) is 4.98 Å². The zero-order valence-corrected chi connectivity index (χ0v) is 8.69. The number of thiazole rings is 1. The lowest BCUT2D eigenvalue weighted by Gasteiger charge is -2.03. The van der Waals surface area contributed by atoms with Gasteiger partial charge in [0.2, 0.25) is 0 Å². The van der Waals surface area contributed by atoms with Gasteiger partial charge >= 0.3 is 5.97 Å². The molecule has 0 fully saturated rings. The first-order valence-corrected chi connectivity index (χ1v) is 5.64. The predicted octanol–water partition coefficient (Wildman–Crippen LogP) is 1.34. The number of thioether (sulfide) groups is 1. The molecule has 0 saturated heterocycles. The molecule has 1 atom stereocenters. The number of carboxylic acids is 1. The molecule has 3 N–H and O–H groups in total. The van der Waals surface area contributed by atoms with E-state index in [9.17, 15) is 4.79 Å². The van der Waals surface area contributed by atoms with Gasteiger partial charge in [-0.15, -0.1) is 11.3 Å². The van der Waals surface area contributed by atoms with E-state index in [1.54, 1.807) is 6.20 Å². The van der Waals surface area contributed by atoms with Gasteiger partial charge in [-0.1, -0.05) is 11.8 Å². The highest BCUT2D eigenvalue weighted by Crippen LogP contribution is 2.26. The summed E-state index contributed by atoms with van der Waals surface area (Å²) in [7, 11) is 0. The Labute approximate surface area is 84.2 Å². The number of aromatic nitrogens is 1. The number of hydrogen-bond acceptors (Lipinski definition) is 5. The summed E-state index contributed by atoms with van der Waals surface area (Å²) in [5.74, 6) is -0.883. The first-order chi connectivity index (χ1) is 6.13. The van der Waals surface area contributed by atoms with Crippen molar-refractivity contribution in [3.05, 3.63) is 11.1 Å². The van der Waals surface area contributed by atoms with Crippen LogP contribution in [0.4, 0.5) is 0 Å². The van der Waals surface area contributed by atoms with Gasteiger partial charge in [-0.3, -0.25) is 4.79 Å². The van der Waals surface area contributed by atoms with E-state index >= 15 is 0 Å². The van der Waals surface area contributed by atoms with E-state index in [-0.39, 0.29) is 6.42 Å². The van der Waals surface area contributed by atoms with Crippen LogP contribution in [0.1, 0.15) is 17.3 Å². The van der Waals surface area contributed by atoms with Crippen LogP contribution in [0.2, 0.25) is 0 Å². The molecule has 1 unspecified atom stereocenters. The molecule has 0 saturated carbocycles. The number of aliphatic carboxylic acids is 1. The summed E-state index contributed by atoms with van der Waals surface area (Å²) in [6, 6.07) is -0.434. The summed E-state index contributed by atoms with van der Waals surface area (Å²) >= 11 is 2.98. The van der Waals surface area contributed by atoms with Gasteiger partial charge in [0.05, 0.1) is 12.5 Å². The molecule has 0 bridgehead atoms. The third-order valence-electron chi connectivity index (χ3n) is 1.44. The maximum absolute atomic E-state index is 10.4. The molecular weight excluding hydrogens is 208 g/mol. The molecule has 1 heterocycles. The largest absolute Gasteiger partial charge is 0.481 e. The second kappa shape index (κ2) is 4.59. The Morgan fingerprint density at radius 3 is 3.08 bits per heavy atom. The summed E-state index contributed by atoms with van der Waals surface area (Å²) in [6.45, 7) is 0. The van der Waals surface area contributed by atoms with Crippen LogP contribution < -0.4 is 5.73 Å². The molecule has 0 aliphatic heterocycles. The Bertz CT molecular complexity index is 300. The lowest BCUT2D eigenvalue weighted by molar-refractivity contribution is -0.137. The Morgan fingerprint density at radius 2 is 2.62 bits per heavy atom. The summed E-state index contributed by atoms with van der Waals surface area (Å²) < 4.78 is 0.913. The minimum Gasteiger partial charge on any atom is -0.481 e.